The largest absolute Gasteiger partial charge is 0.445 e. The Balaban J connectivity index is 2.15. The lowest BCUT2D eigenvalue weighted by molar-refractivity contribution is 0.494. The van der Waals surface area contributed by atoms with E-state index < -0.39 is 0 Å². The molecule has 60 valence electrons. The van der Waals surface area contributed by atoms with E-state index in [9.17, 15) is 0 Å². The monoisotopic (exact) mass is 177 g/mol. The van der Waals surface area contributed by atoms with Gasteiger partial charge in [-0.15, -0.1) is 11.3 Å². The lowest BCUT2D eigenvalue weighted by Gasteiger charge is -1.99. The minimum Gasteiger partial charge on any atom is -0.445 e. The summed E-state index contributed by atoms with van der Waals surface area (Å²) in [5.74, 6) is 0.778. The van der Waals surface area contributed by atoms with Crippen molar-refractivity contribution >= 4 is 11.3 Å². The molecule has 0 atom stereocenters. The number of hydrogen-bond acceptors (Lipinski definition) is 3. The van der Waals surface area contributed by atoms with Crippen LogP contribution in [0.15, 0.2) is 42.0 Å². The summed E-state index contributed by atoms with van der Waals surface area (Å²) in [5, 5.41) is 2.87. The molecular weight excluding hydrogens is 170 g/mol. The van der Waals surface area contributed by atoms with Crippen molar-refractivity contribution in [3.8, 4) is 10.8 Å². The molecule has 3 heteroatoms. The first kappa shape index (κ1) is 7.31. The second-order valence-electron chi connectivity index (χ2n) is 2.22. The predicted octanol–water partition coefficient (Wildman–Crippen LogP) is 2.94. The Labute approximate surface area is 74.5 Å². The van der Waals surface area contributed by atoms with E-state index in [0.29, 0.717) is 0 Å². The Morgan fingerprint density at radius 2 is 2.25 bits per heavy atom. The van der Waals surface area contributed by atoms with Crippen LogP contribution in [0.5, 0.6) is 10.8 Å². The minimum atomic E-state index is 0.778. The van der Waals surface area contributed by atoms with Gasteiger partial charge < -0.3 is 4.74 Å². The first-order chi connectivity index (χ1) is 5.95. The summed E-state index contributed by atoms with van der Waals surface area (Å²) in [6, 6.07) is 7.61. The van der Waals surface area contributed by atoms with Crippen LogP contribution in [0.4, 0.5) is 0 Å². The normalized spacial score (nSPS) is 9.67. The van der Waals surface area contributed by atoms with Crippen LogP contribution in [0.2, 0.25) is 0 Å². The van der Waals surface area contributed by atoms with Crippen molar-refractivity contribution in [1.82, 2.24) is 4.98 Å². The molecule has 0 saturated heterocycles. The van der Waals surface area contributed by atoms with Gasteiger partial charge in [0.15, 0.2) is 5.06 Å². The summed E-state index contributed by atoms with van der Waals surface area (Å²) in [5.41, 5.74) is 0. The lowest BCUT2D eigenvalue weighted by Crippen LogP contribution is -1.80. The van der Waals surface area contributed by atoms with E-state index in [2.05, 4.69) is 4.98 Å². The molecular formula is C9H7NOS. The second kappa shape index (κ2) is 3.36. The Hall–Kier alpha value is -1.35. The van der Waals surface area contributed by atoms with Crippen LogP contribution in [-0.2, 0) is 0 Å². The molecule has 0 fully saturated rings. The summed E-state index contributed by atoms with van der Waals surface area (Å²) in [6.45, 7) is 0. The fourth-order valence-electron chi connectivity index (χ4n) is 0.845. The van der Waals surface area contributed by atoms with Crippen molar-refractivity contribution in [2.24, 2.45) is 0 Å². The van der Waals surface area contributed by atoms with Gasteiger partial charge in [0.2, 0.25) is 0 Å². The summed E-state index contributed by atoms with van der Waals surface area (Å²) < 4.78 is 5.47. The molecule has 12 heavy (non-hydrogen) atoms. The summed E-state index contributed by atoms with van der Waals surface area (Å²) >= 11 is 1.57. The fraction of sp³-hybridized carbons (Fsp3) is 0. The second-order valence-corrected chi connectivity index (χ2v) is 3.13. The topological polar surface area (TPSA) is 22.1 Å². The van der Waals surface area contributed by atoms with Gasteiger partial charge in [0.05, 0.1) is 6.20 Å². The van der Waals surface area contributed by atoms with Gasteiger partial charge in [-0.25, -0.2) is 0 Å². The van der Waals surface area contributed by atoms with Crippen molar-refractivity contribution in [2.75, 3.05) is 0 Å². The van der Waals surface area contributed by atoms with Gasteiger partial charge >= 0.3 is 0 Å². The van der Waals surface area contributed by atoms with Gasteiger partial charge in [-0.2, -0.15) is 0 Å². The molecule has 0 aliphatic heterocycles. The van der Waals surface area contributed by atoms with Crippen LogP contribution in [0.3, 0.4) is 0 Å². The average Bonchev–Trinajstić information content (AvgIpc) is 2.59. The van der Waals surface area contributed by atoms with Crippen molar-refractivity contribution < 1.29 is 4.74 Å². The van der Waals surface area contributed by atoms with Crippen LogP contribution in [0.1, 0.15) is 0 Å². The fourth-order valence-corrected chi connectivity index (χ4v) is 1.44. The Bertz CT molecular complexity index is 331. The summed E-state index contributed by atoms with van der Waals surface area (Å²) in [4.78, 5) is 3.94. The molecule has 2 heterocycles. The minimum absolute atomic E-state index is 0.778. The zero-order chi connectivity index (χ0) is 8.23. The molecule has 2 aromatic rings. The number of thiophene rings is 1. The quantitative estimate of drug-likeness (QED) is 0.703. The molecule has 2 aromatic heterocycles. The standard InChI is InChI=1S/C9H7NOS/c1-3-8(7-10-5-1)11-9-4-2-6-12-9/h1-7H. The molecule has 0 aromatic carbocycles. The van der Waals surface area contributed by atoms with Crippen LogP contribution in [-0.4, -0.2) is 4.98 Å². The highest BCUT2D eigenvalue weighted by molar-refractivity contribution is 7.11. The van der Waals surface area contributed by atoms with E-state index >= 15 is 0 Å². The molecule has 0 bridgehead atoms. The molecule has 2 nitrogen and oxygen atoms in total. The third-order valence-corrected chi connectivity index (χ3v) is 2.09. The third kappa shape index (κ3) is 1.62. The summed E-state index contributed by atoms with van der Waals surface area (Å²) in [7, 11) is 0. The maximum absolute atomic E-state index is 5.47. The number of ether oxygens (including phenoxy) is 1. The van der Waals surface area contributed by atoms with Gasteiger partial charge in [-0.05, 0) is 29.6 Å². The third-order valence-electron chi connectivity index (χ3n) is 1.35. The number of aromatic nitrogens is 1. The molecule has 0 aliphatic carbocycles. The zero-order valence-electron chi connectivity index (χ0n) is 6.31. The number of pyridine rings is 1. The Morgan fingerprint density at radius 1 is 1.25 bits per heavy atom. The van der Waals surface area contributed by atoms with Crippen molar-refractivity contribution in [1.29, 1.82) is 0 Å². The van der Waals surface area contributed by atoms with E-state index in [4.69, 9.17) is 4.74 Å². The maximum atomic E-state index is 5.47. The molecule has 0 radical (unpaired) electrons. The van der Waals surface area contributed by atoms with E-state index in [-0.39, 0.29) is 0 Å². The average molecular weight is 177 g/mol. The smallest absolute Gasteiger partial charge is 0.180 e. The van der Waals surface area contributed by atoms with Crippen LogP contribution < -0.4 is 4.74 Å². The number of nitrogens with zero attached hydrogens (tertiary/aromatic N) is 1. The van der Waals surface area contributed by atoms with E-state index in [1.807, 2.05) is 29.6 Å². The zero-order valence-corrected chi connectivity index (χ0v) is 7.12. The molecule has 0 saturated carbocycles. The SMILES string of the molecule is c1cncc(Oc2cccs2)c1. The highest BCUT2D eigenvalue weighted by atomic mass is 32.1. The molecule has 2 rings (SSSR count). The number of rotatable bonds is 2. The molecule has 0 spiro atoms. The predicted molar refractivity (Wildman–Crippen MR) is 48.6 cm³/mol. The van der Waals surface area contributed by atoms with Crippen LogP contribution >= 0.6 is 11.3 Å². The van der Waals surface area contributed by atoms with E-state index in [1.54, 1.807) is 23.7 Å². The first-order valence-corrected chi connectivity index (χ1v) is 4.44. The van der Waals surface area contributed by atoms with Crippen LogP contribution in [0, 0.1) is 0 Å². The van der Waals surface area contributed by atoms with E-state index in [0.717, 1.165) is 10.8 Å². The van der Waals surface area contributed by atoms with Crippen molar-refractivity contribution in [2.45, 2.75) is 0 Å². The van der Waals surface area contributed by atoms with Gasteiger partial charge in [0.25, 0.3) is 0 Å². The molecule has 0 aliphatic rings. The maximum Gasteiger partial charge on any atom is 0.180 e. The highest BCUT2D eigenvalue weighted by Crippen LogP contribution is 2.24. The lowest BCUT2D eigenvalue weighted by atomic mass is 10.5. The van der Waals surface area contributed by atoms with Crippen molar-refractivity contribution in [3.05, 3.63) is 42.0 Å². The van der Waals surface area contributed by atoms with Gasteiger partial charge in [0, 0.05) is 6.20 Å². The number of hydrogen-bond donors (Lipinski definition) is 0. The molecule has 0 amide bonds. The molecule has 0 unspecified atom stereocenters. The van der Waals surface area contributed by atoms with Gasteiger partial charge in [-0.3, -0.25) is 4.98 Å². The van der Waals surface area contributed by atoms with Crippen molar-refractivity contribution in [3.63, 3.8) is 0 Å². The highest BCUT2D eigenvalue weighted by Gasteiger charge is 1.95. The Morgan fingerprint density at radius 3 is 2.92 bits per heavy atom. The summed E-state index contributed by atoms with van der Waals surface area (Å²) in [6.07, 6.45) is 3.42. The Kier molecular flexibility index (Phi) is 2.05. The van der Waals surface area contributed by atoms with Gasteiger partial charge in [0.1, 0.15) is 5.75 Å². The van der Waals surface area contributed by atoms with Gasteiger partial charge in [-0.1, -0.05) is 0 Å². The molecule has 0 N–H and O–H groups in total. The van der Waals surface area contributed by atoms with Crippen LogP contribution in [0.25, 0.3) is 0 Å². The van der Waals surface area contributed by atoms with E-state index in [1.165, 1.54) is 0 Å². The first-order valence-electron chi connectivity index (χ1n) is 3.56.